The summed E-state index contributed by atoms with van der Waals surface area (Å²) in [6.07, 6.45) is 40.2. The van der Waals surface area contributed by atoms with E-state index in [1.54, 1.807) is 0 Å². The predicted molar refractivity (Wildman–Crippen MR) is 220 cm³/mol. The summed E-state index contributed by atoms with van der Waals surface area (Å²) in [4.78, 5) is 35.3. The molecule has 0 aromatic carbocycles. The van der Waals surface area contributed by atoms with Crippen molar-refractivity contribution in [2.45, 2.75) is 168 Å². The van der Waals surface area contributed by atoms with E-state index >= 15 is 0 Å². The van der Waals surface area contributed by atoms with Crippen molar-refractivity contribution < 1.29 is 42.1 Å². The van der Waals surface area contributed by atoms with Gasteiger partial charge in [-0.15, -0.1) is 0 Å². The lowest BCUT2D eigenvalue weighted by atomic mass is 10.0. The molecule has 0 aliphatic carbocycles. The van der Waals surface area contributed by atoms with Crippen LogP contribution in [0.15, 0.2) is 48.6 Å². The molecule has 0 heterocycles. The van der Waals surface area contributed by atoms with Gasteiger partial charge in [0.15, 0.2) is 6.10 Å². The molecule has 0 rings (SSSR count). The van der Waals surface area contributed by atoms with E-state index in [-0.39, 0.29) is 32.0 Å². The average molecular weight is 769 g/mol. The van der Waals surface area contributed by atoms with E-state index in [4.69, 9.17) is 18.5 Å². The predicted octanol–water partition coefficient (Wildman–Crippen LogP) is 11.5. The molecule has 0 aliphatic rings. The summed E-state index contributed by atoms with van der Waals surface area (Å²) in [5.74, 6) is -0.844. The number of allylic oxidation sites excluding steroid dienone is 8. The van der Waals surface area contributed by atoms with E-state index in [0.717, 1.165) is 44.9 Å². The molecule has 0 radical (unpaired) electrons. The molecule has 0 aromatic rings. The van der Waals surface area contributed by atoms with Gasteiger partial charge in [-0.1, -0.05) is 165 Å². The van der Waals surface area contributed by atoms with E-state index in [0.29, 0.717) is 17.4 Å². The standard InChI is InChI=1S/C43H78NO8P/c1-6-8-10-12-14-16-18-20-21-22-24-25-27-29-31-33-35-42(45)49-39-41(40-51-53(47,48)50-38-37-44(3,4)5)52-43(46)36-34-32-30-28-26-23-19-17-15-13-11-9-7-2/h9,11,13,15,17,19,23,26,41H,6-8,10,12,14,16,18,20-22,24-25,27-40H2,1-5H3/p+1/b11-9+,15-13+,19-17+,26-23+. The van der Waals surface area contributed by atoms with E-state index in [1.807, 2.05) is 57.6 Å². The van der Waals surface area contributed by atoms with Crippen molar-refractivity contribution in [3.8, 4) is 0 Å². The van der Waals surface area contributed by atoms with Gasteiger partial charge in [-0.05, 0) is 32.1 Å². The SMILES string of the molecule is CC/C=C/C=C/C=C/C=C/CCCCCC(=O)OC(COC(=O)CCCCCCCCCCCCCCCCCC)COP(=O)(O)OCC[N+](C)(C)C. The van der Waals surface area contributed by atoms with Crippen molar-refractivity contribution in [2.24, 2.45) is 0 Å². The maximum Gasteiger partial charge on any atom is 0.472 e. The summed E-state index contributed by atoms with van der Waals surface area (Å²) in [5, 5.41) is 0. The van der Waals surface area contributed by atoms with Gasteiger partial charge in [0, 0.05) is 12.8 Å². The summed E-state index contributed by atoms with van der Waals surface area (Å²) in [5.41, 5.74) is 0. The highest BCUT2D eigenvalue weighted by atomic mass is 31.2. The Morgan fingerprint density at radius 1 is 0.604 bits per heavy atom. The van der Waals surface area contributed by atoms with Gasteiger partial charge in [0.2, 0.25) is 0 Å². The highest BCUT2D eigenvalue weighted by Gasteiger charge is 2.27. The van der Waals surface area contributed by atoms with Crippen LogP contribution in [0.2, 0.25) is 0 Å². The Labute approximate surface area is 324 Å². The number of ether oxygens (including phenoxy) is 2. The number of rotatable bonds is 37. The summed E-state index contributed by atoms with van der Waals surface area (Å²) >= 11 is 0. The van der Waals surface area contributed by atoms with Gasteiger partial charge >= 0.3 is 19.8 Å². The van der Waals surface area contributed by atoms with Gasteiger partial charge in [0.1, 0.15) is 19.8 Å². The molecule has 2 atom stereocenters. The third-order valence-corrected chi connectivity index (χ3v) is 9.70. The zero-order valence-corrected chi connectivity index (χ0v) is 35.4. The molecule has 0 saturated carbocycles. The third kappa shape index (κ3) is 39.5. The molecule has 9 nitrogen and oxygen atoms in total. The number of hydrogen-bond donors (Lipinski definition) is 1. The van der Waals surface area contributed by atoms with Crippen LogP contribution in [0.1, 0.15) is 162 Å². The highest BCUT2D eigenvalue weighted by Crippen LogP contribution is 2.43. The fourth-order valence-electron chi connectivity index (χ4n) is 5.44. The third-order valence-electron chi connectivity index (χ3n) is 8.72. The van der Waals surface area contributed by atoms with Gasteiger partial charge in [0.25, 0.3) is 0 Å². The molecule has 1 N–H and O–H groups in total. The second kappa shape index (κ2) is 35.7. The summed E-state index contributed by atoms with van der Waals surface area (Å²) < 4.78 is 34.2. The number of carbonyl (C=O) groups is 2. The minimum Gasteiger partial charge on any atom is -0.462 e. The van der Waals surface area contributed by atoms with Gasteiger partial charge < -0.3 is 18.9 Å². The number of phosphoric ester groups is 1. The molecule has 0 aliphatic heterocycles. The Morgan fingerprint density at radius 2 is 1.08 bits per heavy atom. The minimum atomic E-state index is -4.38. The lowest BCUT2D eigenvalue weighted by Gasteiger charge is -2.24. The zero-order valence-electron chi connectivity index (χ0n) is 34.5. The fourth-order valence-corrected chi connectivity index (χ4v) is 6.18. The summed E-state index contributed by atoms with van der Waals surface area (Å²) in [7, 11) is 1.44. The number of carbonyl (C=O) groups excluding carboxylic acids is 2. The summed E-state index contributed by atoms with van der Waals surface area (Å²) in [6.45, 7) is 4.23. The topological polar surface area (TPSA) is 108 Å². The monoisotopic (exact) mass is 769 g/mol. The van der Waals surface area contributed by atoms with Crippen LogP contribution >= 0.6 is 7.82 Å². The van der Waals surface area contributed by atoms with E-state index in [2.05, 4.69) is 26.0 Å². The number of phosphoric acid groups is 1. The Morgan fingerprint density at radius 3 is 1.60 bits per heavy atom. The van der Waals surface area contributed by atoms with Crippen molar-refractivity contribution in [1.82, 2.24) is 0 Å². The first kappa shape index (κ1) is 51.0. The normalized spacial score (nSPS) is 14.2. The quantitative estimate of drug-likeness (QED) is 0.0219. The van der Waals surface area contributed by atoms with Crippen LogP contribution in [0, 0.1) is 0 Å². The maximum absolute atomic E-state index is 12.6. The lowest BCUT2D eigenvalue weighted by Crippen LogP contribution is -2.37. The molecule has 53 heavy (non-hydrogen) atoms. The first-order valence-electron chi connectivity index (χ1n) is 20.9. The van der Waals surface area contributed by atoms with Crippen LogP contribution in [0.4, 0.5) is 0 Å². The van der Waals surface area contributed by atoms with Gasteiger partial charge in [-0.3, -0.25) is 18.6 Å². The molecular weight excluding hydrogens is 689 g/mol. The lowest BCUT2D eigenvalue weighted by molar-refractivity contribution is -0.870. The molecule has 0 amide bonds. The van der Waals surface area contributed by atoms with Crippen LogP contribution in [-0.4, -0.2) is 74.9 Å². The highest BCUT2D eigenvalue weighted by molar-refractivity contribution is 7.47. The van der Waals surface area contributed by atoms with Crippen molar-refractivity contribution in [3.63, 3.8) is 0 Å². The van der Waals surface area contributed by atoms with E-state index in [1.165, 1.54) is 83.5 Å². The molecule has 0 bridgehead atoms. The smallest absolute Gasteiger partial charge is 0.462 e. The average Bonchev–Trinajstić information content (AvgIpc) is 3.10. The van der Waals surface area contributed by atoms with Crippen LogP contribution in [0.3, 0.4) is 0 Å². The molecule has 0 saturated heterocycles. The number of likely N-dealkylation sites (N-methyl/N-ethyl adjacent to an activating group) is 1. The molecule has 0 spiro atoms. The molecule has 0 aromatic heterocycles. The van der Waals surface area contributed by atoms with Crippen molar-refractivity contribution in [3.05, 3.63) is 48.6 Å². The minimum absolute atomic E-state index is 0.0230. The molecule has 0 fully saturated rings. The zero-order chi connectivity index (χ0) is 39.3. The van der Waals surface area contributed by atoms with Gasteiger partial charge in [-0.25, -0.2) is 4.57 Å². The number of hydrogen-bond acceptors (Lipinski definition) is 7. The fraction of sp³-hybridized carbons (Fsp3) is 0.767. The van der Waals surface area contributed by atoms with Crippen LogP contribution < -0.4 is 0 Å². The van der Waals surface area contributed by atoms with Crippen molar-refractivity contribution in [1.29, 1.82) is 0 Å². The van der Waals surface area contributed by atoms with Gasteiger partial charge in [0.05, 0.1) is 27.7 Å². The molecule has 308 valence electrons. The Balaban J connectivity index is 4.42. The largest absolute Gasteiger partial charge is 0.472 e. The number of unbranched alkanes of at least 4 members (excludes halogenated alkanes) is 18. The first-order chi connectivity index (χ1) is 25.5. The molecular formula is C43H79NO8P+. The maximum atomic E-state index is 12.6. The van der Waals surface area contributed by atoms with Crippen LogP contribution in [0.25, 0.3) is 0 Å². The van der Waals surface area contributed by atoms with E-state index in [9.17, 15) is 19.0 Å². The number of quaternary nitrogens is 1. The molecule has 10 heteroatoms. The second-order valence-electron chi connectivity index (χ2n) is 15.1. The molecule has 2 unspecified atom stereocenters. The second-order valence-corrected chi connectivity index (χ2v) is 16.5. The Bertz CT molecular complexity index is 1050. The number of nitrogens with zero attached hydrogens (tertiary/aromatic N) is 1. The van der Waals surface area contributed by atoms with Crippen molar-refractivity contribution in [2.75, 3.05) is 47.5 Å². The van der Waals surface area contributed by atoms with E-state index < -0.39 is 26.5 Å². The Hall–Kier alpha value is -2.03. The Kier molecular flexibility index (Phi) is 34.3. The van der Waals surface area contributed by atoms with Crippen LogP contribution in [-0.2, 0) is 32.7 Å². The summed E-state index contributed by atoms with van der Waals surface area (Å²) in [6, 6.07) is 0. The first-order valence-corrected chi connectivity index (χ1v) is 22.4. The van der Waals surface area contributed by atoms with Gasteiger partial charge in [-0.2, -0.15) is 0 Å². The number of esters is 2. The van der Waals surface area contributed by atoms with Crippen molar-refractivity contribution >= 4 is 19.8 Å². The van der Waals surface area contributed by atoms with Crippen LogP contribution in [0.5, 0.6) is 0 Å².